The third-order valence-electron chi connectivity index (χ3n) is 1.63. The Morgan fingerprint density at radius 3 is 2.86 bits per heavy atom. The third kappa shape index (κ3) is 2.71. The van der Waals surface area contributed by atoms with Gasteiger partial charge in [-0.15, -0.1) is 0 Å². The fourth-order valence-corrected chi connectivity index (χ4v) is 1.33. The lowest BCUT2D eigenvalue weighted by Gasteiger charge is -2.05. The standard InChI is InChI=1S/C9H11BrN2O2/c10-6-1-2-7(8(13)5-6)9(14)12-4-3-11/h1-2,5,13H,3-4,11H2,(H,12,14). The Hall–Kier alpha value is -1.07. The molecule has 0 aliphatic rings. The monoisotopic (exact) mass is 258 g/mol. The highest BCUT2D eigenvalue weighted by molar-refractivity contribution is 9.10. The number of hydrogen-bond donors (Lipinski definition) is 3. The van der Waals surface area contributed by atoms with Gasteiger partial charge in [0.1, 0.15) is 5.75 Å². The molecule has 0 bridgehead atoms. The predicted octanol–water partition coefficient (Wildman–Crippen LogP) is 0.843. The number of nitrogens with two attached hydrogens (primary N) is 1. The van der Waals surface area contributed by atoms with E-state index in [1.807, 2.05) is 0 Å². The van der Waals surface area contributed by atoms with Gasteiger partial charge < -0.3 is 16.2 Å². The van der Waals surface area contributed by atoms with Crippen LogP contribution in [0.25, 0.3) is 0 Å². The number of hydrogen-bond acceptors (Lipinski definition) is 3. The Labute approximate surface area is 90.2 Å². The van der Waals surface area contributed by atoms with Gasteiger partial charge in [0.2, 0.25) is 0 Å². The summed E-state index contributed by atoms with van der Waals surface area (Å²) in [6, 6.07) is 4.71. The first-order valence-electron chi connectivity index (χ1n) is 4.12. The summed E-state index contributed by atoms with van der Waals surface area (Å²) in [5.41, 5.74) is 5.48. The zero-order chi connectivity index (χ0) is 10.6. The largest absolute Gasteiger partial charge is 0.507 e. The van der Waals surface area contributed by atoms with Crippen LogP contribution >= 0.6 is 15.9 Å². The lowest BCUT2D eigenvalue weighted by molar-refractivity contribution is 0.0952. The molecule has 0 radical (unpaired) electrons. The third-order valence-corrected chi connectivity index (χ3v) is 2.13. The maximum absolute atomic E-state index is 11.4. The van der Waals surface area contributed by atoms with Crippen molar-refractivity contribution in [2.45, 2.75) is 0 Å². The van der Waals surface area contributed by atoms with Crippen LogP contribution in [0.3, 0.4) is 0 Å². The number of carbonyl (C=O) groups excluding carboxylic acids is 1. The van der Waals surface area contributed by atoms with E-state index in [0.29, 0.717) is 13.1 Å². The normalized spacial score (nSPS) is 9.86. The van der Waals surface area contributed by atoms with Gasteiger partial charge in [-0.1, -0.05) is 15.9 Å². The number of rotatable bonds is 3. The van der Waals surface area contributed by atoms with E-state index in [0.717, 1.165) is 4.47 Å². The van der Waals surface area contributed by atoms with Gasteiger partial charge in [-0.25, -0.2) is 0 Å². The lowest BCUT2D eigenvalue weighted by Crippen LogP contribution is -2.28. The molecule has 0 heterocycles. The van der Waals surface area contributed by atoms with Crippen molar-refractivity contribution in [3.8, 4) is 5.75 Å². The number of carbonyl (C=O) groups is 1. The van der Waals surface area contributed by atoms with Crippen molar-refractivity contribution in [2.24, 2.45) is 5.73 Å². The topological polar surface area (TPSA) is 75.3 Å². The first-order valence-corrected chi connectivity index (χ1v) is 4.91. The van der Waals surface area contributed by atoms with Crippen LogP contribution in [0.2, 0.25) is 0 Å². The molecule has 76 valence electrons. The molecule has 0 saturated carbocycles. The van der Waals surface area contributed by atoms with E-state index in [1.54, 1.807) is 12.1 Å². The number of phenols is 1. The second kappa shape index (κ2) is 4.97. The average Bonchev–Trinajstić information content (AvgIpc) is 2.14. The molecule has 0 saturated heterocycles. The van der Waals surface area contributed by atoms with Crippen molar-refractivity contribution in [3.05, 3.63) is 28.2 Å². The van der Waals surface area contributed by atoms with E-state index in [1.165, 1.54) is 6.07 Å². The minimum Gasteiger partial charge on any atom is -0.507 e. The van der Waals surface area contributed by atoms with E-state index < -0.39 is 0 Å². The van der Waals surface area contributed by atoms with E-state index in [4.69, 9.17) is 5.73 Å². The molecule has 5 heteroatoms. The maximum Gasteiger partial charge on any atom is 0.255 e. The summed E-state index contributed by atoms with van der Waals surface area (Å²) in [4.78, 5) is 11.4. The summed E-state index contributed by atoms with van der Waals surface area (Å²) in [7, 11) is 0. The van der Waals surface area contributed by atoms with E-state index in [2.05, 4.69) is 21.2 Å². The molecule has 1 rings (SSSR count). The molecule has 4 nitrogen and oxygen atoms in total. The minimum atomic E-state index is -0.319. The zero-order valence-corrected chi connectivity index (χ0v) is 9.04. The molecule has 0 aliphatic heterocycles. The summed E-state index contributed by atoms with van der Waals surface area (Å²) in [6.45, 7) is 0.775. The second-order valence-electron chi connectivity index (χ2n) is 2.71. The van der Waals surface area contributed by atoms with Crippen molar-refractivity contribution < 1.29 is 9.90 Å². The molecule has 1 aromatic carbocycles. The number of aromatic hydroxyl groups is 1. The van der Waals surface area contributed by atoms with Crippen LogP contribution in [-0.4, -0.2) is 24.1 Å². The van der Waals surface area contributed by atoms with Gasteiger partial charge >= 0.3 is 0 Å². The van der Waals surface area contributed by atoms with Gasteiger partial charge in [0.15, 0.2) is 0 Å². The first kappa shape index (κ1) is 11.0. The fraction of sp³-hybridized carbons (Fsp3) is 0.222. The van der Waals surface area contributed by atoms with Crippen molar-refractivity contribution in [1.29, 1.82) is 0 Å². The summed E-state index contributed by atoms with van der Waals surface area (Å²) in [5, 5.41) is 12.0. The Morgan fingerprint density at radius 2 is 2.29 bits per heavy atom. The number of benzene rings is 1. The Morgan fingerprint density at radius 1 is 1.57 bits per heavy atom. The van der Waals surface area contributed by atoms with Crippen LogP contribution in [-0.2, 0) is 0 Å². The molecule has 4 N–H and O–H groups in total. The zero-order valence-electron chi connectivity index (χ0n) is 7.46. The van der Waals surface area contributed by atoms with Crippen LogP contribution in [0.5, 0.6) is 5.75 Å². The molecule has 0 atom stereocenters. The van der Waals surface area contributed by atoms with Crippen LogP contribution in [0.4, 0.5) is 0 Å². The van der Waals surface area contributed by atoms with Crippen LogP contribution in [0.1, 0.15) is 10.4 Å². The van der Waals surface area contributed by atoms with E-state index in [9.17, 15) is 9.90 Å². The highest BCUT2D eigenvalue weighted by Crippen LogP contribution is 2.21. The number of amides is 1. The van der Waals surface area contributed by atoms with Crippen LogP contribution in [0, 0.1) is 0 Å². The van der Waals surface area contributed by atoms with Gasteiger partial charge in [-0.2, -0.15) is 0 Å². The molecule has 0 aromatic heterocycles. The van der Waals surface area contributed by atoms with E-state index >= 15 is 0 Å². The summed E-state index contributed by atoms with van der Waals surface area (Å²) < 4.78 is 0.727. The van der Waals surface area contributed by atoms with E-state index in [-0.39, 0.29) is 17.2 Å². The molecule has 14 heavy (non-hydrogen) atoms. The number of phenolic OH excluding ortho intramolecular Hbond substituents is 1. The molecular formula is C9H11BrN2O2. The van der Waals surface area contributed by atoms with Gasteiger partial charge in [-0.3, -0.25) is 4.79 Å². The van der Waals surface area contributed by atoms with Crippen molar-refractivity contribution >= 4 is 21.8 Å². The molecule has 0 unspecified atom stereocenters. The highest BCUT2D eigenvalue weighted by atomic mass is 79.9. The molecule has 0 aliphatic carbocycles. The Balaban J connectivity index is 2.80. The minimum absolute atomic E-state index is 0.0473. The molecule has 0 spiro atoms. The second-order valence-corrected chi connectivity index (χ2v) is 3.62. The SMILES string of the molecule is NCCNC(=O)c1ccc(Br)cc1O. The molecular weight excluding hydrogens is 248 g/mol. The average molecular weight is 259 g/mol. The number of halogens is 1. The van der Waals surface area contributed by atoms with Crippen molar-refractivity contribution in [1.82, 2.24) is 5.32 Å². The highest BCUT2D eigenvalue weighted by Gasteiger charge is 2.09. The number of nitrogens with one attached hydrogen (secondary N) is 1. The fourth-order valence-electron chi connectivity index (χ4n) is 0.978. The maximum atomic E-state index is 11.4. The summed E-state index contributed by atoms with van der Waals surface area (Å²) >= 11 is 3.19. The van der Waals surface area contributed by atoms with Crippen LogP contribution < -0.4 is 11.1 Å². The molecule has 1 amide bonds. The van der Waals surface area contributed by atoms with Gasteiger partial charge in [0.25, 0.3) is 5.91 Å². The smallest absolute Gasteiger partial charge is 0.255 e. The summed E-state index contributed by atoms with van der Waals surface area (Å²) in [6.07, 6.45) is 0. The Kier molecular flexibility index (Phi) is 3.91. The van der Waals surface area contributed by atoms with Crippen molar-refractivity contribution in [2.75, 3.05) is 13.1 Å². The Bertz CT molecular complexity index is 342. The van der Waals surface area contributed by atoms with Crippen LogP contribution in [0.15, 0.2) is 22.7 Å². The molecule has 0 fully saturated rings. The van der Waals surface area contributed by atoms with Crippen molar-refractivity contribution in [3.63, 3.8) is 0 Å². The quantitative estimate of drug-likeness (QED) is 0.753. The lowest BCUT2D eigenvalue weighted by atomic mass is 10.2. The first-order chi connectivity index (χ1) is 6.65. The molecule has 1 aromatic rings. The van der Waals surface area contributed by atoms with Gasteiger partial charge in [0.05, 0.1) is 5.56 Å². The summed E-state index contributed by atoms with van der Waals surface area (Å²) in [5.74, 6) is -0.366. The van der Waals surface area contributed by atoms with Gasteiger partial charge in [0, 0.05) is 17.6 Å². The predicted molar refractivity (Wildman–Crippen MR) is 57.2 cm³/mol. The van der Waals surface area contributed by atoms with Gasteiger partial charge in [-0.05, 0) is 18.2 Å².